The zero-order valence-electron chi connectivity index (χ0n) is 18.2. The van der Waals surface area contributed by atoms with Gasteiger partial charge in [0.2, 0.25) is 0 Å². The lowest BCUT2D eigenvalue weighted by Gasteiger charge is -2.10. The summed E-state index contributed by atoms with van der Waals surface area (Å²) in [6, 6.07) is 24.7. The van der Waals surface area contributed by atoms with E-state index >= 15 is 0 Å². The van der Waals surface area contributed by atoms with Crippen molar-refractivity contribution in [3.63, 3.8) is 0 Å². The van der Waals surface area contributed by atoms with Gasteiger partial charge in [0, 0.05) is 36.3 Å². The van der Waals surface area contributed by atoms with Crippen LogP contribution in [0.4, 0.5) is 0 Å². The van der Waals surface area contributed by atoms with E-state index in [1.807, 2.05) is 37.5 Å². The van der Waals surface area contributed by atoms with Gasteiger partial charge in [0.15, 0.2) is 0 Å². The second kappa shape index (κ2) is 8.44. The van der Waals surface area contributed by atoms with Gasteiger partial charge in [-0.3, -0.25) is 4.79 Å². The molecule has 0 fully saturated rings. The third-order valence-electron chi connectivity index (χ3n) is 6.04. The summed E-state index contributed by atoms with van der Waals surface area (Å²) in [6.45, 7) is 1.44. The first-order valence-corrected chi connectivity index (χ1v) is 11.0. The first-order chi connectivity index (χ1) is 15.7. The second-order valence-electron chi connectivity index (χ2n) is 8.21. The first-order valence-electron chi connectivity index (χ1n) is 11.0. The topological polar surface area (TPSA) is 65.8 Å². The summed E-state index contributed by atoms with van der Waals surface area (Å²) in [5.74, 6) is 0. The zero-order chi connectivity index (χ0) is 22.1. The van der Waals surface area contributed by atoms with E-state index in [2.05, 4.69) is 53.1 Å². The lowest BCUT2D eigenvalue weighted by molar-refractivity contribution is 0.671. The number of hydrogen-bond acceptors (Lipinski definition) is 3. The molecule has 0 aliphatic carbocycles. The second-order valence-corrected chi connectivity index (χ2v) is 8.21. The number of rotatable bonds is 6. The average molecular weight is 423 g/mol. The van der Waals surface area contributed by atoms with Crippen LogP contribution in [0.3, 0.4) is 0 Å². The molecule has 5 nitrogen and oxygen atoms in total. The normalized spacial score (nSPS) is 11.4. The highest BCUT2D eigenvalue weighted by Crippen LogP contribution is 2.29. The lowest BCUT2D eigenvalue weighted by atomic mass is 10.0. The van der Waals surface area contributed by atoms with Gasteiger partial charge in [-0.2, -0.15) is 0 Å². The van der Waals surface area contributed by atoms with Crippen LogP contribution in [0.1, 0.15) is 17.5 Å². The molecule has 5 heteroatoms. The summed E-state index contributed by atoms with van der Waals surface area (Å²) < 4.78 is 3.88. The van der Waals surface area contributed by atoms with E-state index < -0.39 is 0 Å². The minimum absolute atomic E-state index is 0.0879. The van der Waals surface area contributed by atoms with Crippen molar-refractivity contribution < 1.29 is 0 Å². The summed E-state index contributed by atoms with van der Waals surface area (Å²) in [6.07, 6.45) is 3.75. The molecule has 0 amide bonds. The van der Waals surface area contributed by atoms with E-state index in [1.54, 1.807) is 4.57 Å². The Morgan fingerprint density at radius 1 is 0.906 bits per heavy atom. The van der Waals surface area contributed by atoms with Crippen LogP contribution in [-0.4, -0.2) is 20.7 Å². The van der Waals surface area contributed by atoms with E-state index in [0.717, 1.165) is 46.9 Å². The Hall–Kier alpha value is -3.70. The standard InChI is InChI=1S/C27H26N4O/c1-30-25-13-12-20(16-19-8-3-2-4-9-19)17-23(25)29-26(27(30)32)22-18-31(15-7-14-28)24-11-6-5-10-21(22)24/h2-6,8-13,17-18H,7,14-16,28H2,1H3. The summed E-state index contributed by atoms with van der Waals surface area (Å²) in [5, 5.41) is 1.04. The molecule has 2 heterocycles. The van der Waals surface area contributed by atoms with Gasteiger partial charge in [-0.1, -0.05) is 54.6 Å². The number of benzene rings is 3. The van der Waals surface area contributed by atoms with Crippen LogP contribution in [0.5, 0.6) is 0 Å². The fraction of sp³-hybridized carbons (Fsp3) is 0.185. The average Bonchev–Trinajstić information content (AvgIpc) is 3.19. The Labute approximate surface area is 186 Å². The highest BCUT2D eigenvalue weighted by atomic mass is 16.1. The zero-order valence-corrected chi connectivity index (χ0v) is 18.2. The van der Waals surface area contributed by atoms with Gasteiger partial charge < -0.3 is 14.9 Å². The molecule has 0 saturated heterocycles. The van der Waals surface area contributed by atoms with Crippen molar-refractivity contribution in [1.29, 1.82) is 0 Å². The maximum atomic E-state index is 13.3. The van der Waals surface area contributed by atoms with Crippen LogP contribution in [0.25, 0.3) is 33.2 Å². The van der Waals surface area contributed by atoms with Crippen molar-refractivity contribution in [1.82, 2.24) is 14.1 Å². The third kappa shape index (κ3) is 3.61. The Morgan fingerprint density at radius 2 is 1.69 bits per heavy atom. The summed E-state index contributed by atoms with van der Waals surface area (Å²) in [7, 11) is 1.82. The third-order valence-corrected chi connectivity index (χ3v) is 6.04. The van der Waals surface area contributed by atoms with Gasteiger partial charge in [0.25, 0.3) is 5.56 Å². The molecule has 3 aromatic carbocycles. The van der Waals surface area contributed by atoms with E-state index in [9.17, 15) is 4.79 Å². The molecule has 0 bridgehead atoms. The van der Waals surface area contributed by atoms with Crippen molar-refractivity contribution in [3.05, 3.63) is 100 Å². The van der Waals surface area contributed by atoms with Gasteiger partial charge in [0.1, 0.15) is 5.69 Å². The summed E-state index contributed by atoms with van der Waals surface area (Å²) in [5.41, 5.74) is 12.2. The van der Waals surface area contributed by atoms with E-state index in [-0.39, 0.29) is 5.56 Å². The maximum Gasteiger partial charge on any atom is 0.277 e. The van der Waals surface area contributed by atoms with Gasteiger partial charge >= 0.3 is 0 Å². The highest BCUT2D eigenvalue weighted by molar-refractivity contribution is 5.96. The number of para-hydroxylation sites is 1. The fourth-order valence-corrected chi connectivity index (χ4v) is 4.38. The van der Waals surface area contributed by atoms with Gasteiger partial charge in [-0.25, -0.2) is 4.98 Å². The molecule has 32 heavy (non-hydrogen) atoms. The van der Waals surface area contributed by atoms with Crippen molar-refractivity contribution >= 4 is 21.9 Å². The molecule has 0 aliphatic rings. The Bertz CT molecular complexity index is 1460. The quantitative estimate of drug-likeness (QED) is 0.438. The Morgan fingerprint density at radius 3 is 2.50 bits per heavy atom. The molecule has 0 unspecified atom stereocenters. The number of nitrogens with two attached hydrogens (primary N) is 1. The van der Waals surface area contributed by atoms with E-state index in [0.29, 0.717) is 12.2 Å². The Balaban J connectivity index is 1.66. The first kappa shape index (κ1) is 20.2. The number of hydrogen-bond donors (Lipinski definition) is 1. The van der Waals surface area contributed by atoms with Crippen LogP contribution in [0.15, 0.2) is 83.8 Å². The van der Waals surface area contributed by atoms with Crippen LogP contribution >= 0.6 is 0 Å². The minimum atomic E-state index is -0.0879. The number of fused-ring (bicyclic) bond motifs is 2. The monoisotopic (exact) mass is 422 g/mol. The van der Waals surface area contributed by atoms with Crippen molar-refractivity contribution in [3.8, 4) is 11.3 Å². The molecule has 0 radical (unpaired) electrons. The molecule has 0 atom stereocenters. The number of aryl methyl sites for hydroxylation is 2. The van der Waals surface area contributed by atoms with Crippen molar-refractivity contribution in [2.45, 2.75) is 19.4 Å². The largest absolute Gasteiger partial charge is 0.347 e. The summed E-state index contributed by atoms with van der Waals surface area (Å²) in [4.78, 5) is 18.2. The van der Waals surface area contributed by atoms with Crippen molar-refractivity contribution in [2.75, 3.05) is 6.54 Å². The lowest BCUT2D eigenvalue weighted by Crippen LogP contribution is -2.20. The number of aromatic nitrogens is 3. The van der Waals surface area contributed by atoms with Gasteiger partial charge in [0.05, 0.1) is 11.0 Å². The van der Waals surface area contributed by atoms with Crippen LogP contribution in [0, 0.1) is 0 Å². The van der Waals surface area contributed by atoms with Gasteiger partial charge in [-0.15, -0.1) is 0 Å². The predicted molar refractivity (Wildman–Crippen MR) is 131 cm³/mol. The van der Waals surface area contributed by atoms with E-state index in [1.165, 1.54) is 11.1 Å². The molecule has 2 N–H and O–H groups in total. The smallest absolute Gasteiger partial charge is 0.277 e. The molecule has 0 saturated carbocycles. The Kier molecular flexibility index (Phi) is 5.33. The predicted octanol–water partition coefficient (Wildman–Crippen LogP) is 4.49. The summed E-state index contributed by atoms with van der Waals surface area (Å²) >= 11 is 0. The molecule has 0 spiro atoms. The van der Waals surface area contributed by atoms with Crippen LogP contribution in [-0.2, 0) is 20.0 Å². The van der Waals surface area contributed by atoms with Crippen molar-refractivity contribution in [2.24, 2.45) is 12.8 Å². The minimum Gasteiger partial charge on any atom is -0.347 e. The molecule has 5 aromatic rings. The maximum absolute atomic E-state index is 13.3. The van der Waals surface area contributed by atoms with E-state index in [4.69, 9.17) is 10.7 Å². The molecule has 5 rings (SSSR count). The molecular weight excluding hydrogens is 396 g/mol. The molecule has 2 aromatic heterocycles. The molecule has 160 valence electrons. The van der Waals surface area contributed by atoms with Crippen LogP contribution < -0.4 is 11.3 Å². The van der Waals surface area contributed by atoms with Gasteiger partial charge in [-0.05, 0) is 48.7 Å². The SMILES string of the molecule is Cn1c(=O)c(-c2cn(CCCN)c3ccccc23)nc2cc(Cc3ccccc3)ccc21. The molecular formula is C27H26N4O. The van der Waals surface area contributed by atoms with Crippen LogP contribution in [0.2, 0.25) is 0 Å². The fourth-order valence-electron chi connectivity index (χ4n) is 4.38. The number of nitrogens with zero attached hydrogens (tertiary/aromatic N) is 3. The highest BCUT2D eigenvalue weighted by Gasteiger charge is 2.17. The molecule has 0 aliphatic heterocycles.